The molecular weight excluding hydrogens is 434 g/mol. The Kier molecular flexibility index (Phi) is 5.36. The van der Waals surface area contributed by atoms with Gasteiger partial charge in [0.05, 0.1) is 12.4 Å². The number of carbonyl (C=O) groups is 3. The van der Waals surface area contributed by atoms with E-state index in [1.807, 2.05) is 36.9 Å². The number of nitrogens with zero attached hydrogens (tertiary/aromatic N) is 4. The summed E-state index contributed by atoms with van der Waals surface area (Å²) in [5.74, 6) is -0.0397. The van der Waals surface area contributed by atoms with Gasteiger partial charge in [0.1, 0.15) is 17.9 Å². The molecule has 1 aromatic heterocycles. The van der Waals surface area contributed by atoms with Gasteiger partial charge in [-0.25, -0.2) is 4.98 Å². The SMILES string of the molecule is O=C1CCC(N2Cc3cc(O[C@H]4CCCC[C@H]4N4CC(n5ccnc5)C4)ccc3C2=O)C(=O)N1. The predicted octanol–water partition coefficient (Wildman–Crippen LogP) is 1.89. The van der Waals surface area contributed by atoms with Gasteiger partial charge in [-0.2, -0.15) is 0 Å². The summed E-state index contributed by atoms with van der Waals surface area (Å²) in [5, 5.41) is 2.35. The lowest BCUT2D eigenvalue weighted by atomic mass is 9.88. The van der Waals surface area contributed by atoms with Crippen LogP contribution in [0.3, 0.4) is 0 Å². The molecule has 178 valence electrons. The van der Waals surface area contributed by atoms with Crippen molar-refractivity contribution >= 4 is 17.7 Å². The molecule has 34 heavy (non-hydrogen) atoms. The molecule has 1 N–H and O–H groups in total. The predicted molar refractivity (Wildman–Crippen MR) is 122 cm³/mol. The number of rotatable bonds is 5. The molecule has 4 heterocycles. The molecule has 0 spiro atoms. The van der Waals surface area contributed by atoms with Crippen LogP contribution in [0.2, 0.25) is 0 Å². The van der Waals surface area contributed by atoms with E-state index in [0.717, 1.165) is 43.7 Å². The number of aromatic nitrogens is 2. The van der Waals surface area contributed by atoms with Crippen LogP contribution in [-0.2, 0) is 16.1 Å². The zero-order valence-corrected chi connectivity index (χ0v) is 19.1. The molecule has 1 unspecified atom stereocenters. The van der Waals surface area contributed by atoms with Crippen LogP contribution in [0, 0.1) is 0 Å². The van der Waals surface area contributed by atoms with Crippen molar-refractivity contribution in [3.05, 3.63) is 48.0 Å². The maximum atomic E-state index is 12.9. The molecule has 6 rings (SSSR count). The first-order chi connectivity index (χ1) is 16.6. The normalized spacial score (nSPS) is 27.9. The third-order valence-electron chi connectivity index (χ3n) is 7.76. The van der Waals surface area contributed by atoms with Gasteiger partial charge in [0, 0.05) is 50.1 Å². The Hall–Kier alpha value is -3.20. The van der Waals surface area contributed by atoms with E-state index in [9.17, 15) is 14.4 Å². The summed E-state index contributed by atoms with van der Waals surface area (Å²) in [4.78, 5) is 45.0. The van der Waals surface area contributed by atoms with Gasteiger partial charge in [-0.3, -0.25) is 24.6 Å². The van der Waals surface area contributed by atoms with Crippen LogP contribution in [0.4, 0.5) is 0 Å². The highest BCUT2D eigenvalue weighted by Crippen LogP contribution is 2.35. The second kappa shape index (κ2) is 8.54. The Morgan fingerprint density at radius 3 is 2.71 bits per heavy atom. The molecule has 2 saturated heterocycles. The molecular formula is C25H29N5O4. The highest BCUT2D eigenvalue weighted by Gasteiger charge is 2.41. The van der Waals surface area contributed by atoms with E-state index in [0.29, 0.717) is 30.6 Å². The minimum Gasteiger partial charge on any atom is -0.489 e. The molecule has 3 aliphatic heterocycles. The van der Waals surface area contributed by atoms with E-state index in [2.05, 4.69) is 19.8 Å². The van der Waals surface area contributed by atoms with Gasteiger partial charge in [-0.05, 0) is 49.4 Å². The summed E-state index contributed by atoms with van der Waals surface area (Å²) in [6.45, 7) is 2.39. The first-order valence-electron chi connectivity index (χ1n) is 12.2. The van der Waals surface area contributed by atoms with Gasteiger partial charge in [0.2, 0.25) is 11.8 Å². The first-order valence-corrected chi connectivity index (χ1v) is 12.2. The Morgan fingerprint density at radius 1 is 1.06 bits per heavy atom. The van der Waals surface area contributed by atoms with E-state index in [-0.39, 0.29) is 30.2 Å². The monoisotopic (exact) mass is 463 g/mol. The second-order valence-corrected chi connectivity index (χ2v) is 9.84. The number of amides is 3. The molecule has 9 nitrogen and oxygen atoms in total. The van der Waals surface area contributed by atoms with Gasteiger partial charge in [0.25, 0.3) is 5.91 Å². The lowest BCUT2D eigenvalue weighted by molar-refractivity contribution is -0.136. The summed E-state index contributed by atoms with van der Waals surface area (Å²) in [6.07, 6.45) is 11.0. The maximum Gasteiger partial charge on any atom is 0.255 e. The number of carbonyl (C=O) groups excluding carboxylic acids is 3. The van der Waals surface area contributed by atoms with E-state index in [1.54, 1.807) is 4.90 Å². The number of hydrogen-bond acceptors (Lipinski definition) is 6. The van der Waals surface area contributed by atoms with Crippen molar-refractivity contribution in [1.29, 1.82) is 0 Å². The highest BCUT2D eigenvalue weighted by molar-refractivity contribution is 6.05. The van der Waals surface area contributed by atoms with Gasteiger partial charge in [-0.15, -0.1) is 0 Å². The van der Waals surface area contributed by atoms with Crippen LogP contribution < -0.4 is 10.1 Å². The van der Waals surface area contributed by atoms with Gasteiger partial charge in [0.15, 0.2) is 0 Å². The number of likely N-dealkylation sites (tertiary alicyclic amines) is 1. The average Bonchev–Trinajstić information content (AvgIpc) is 3.42. The van der Waals surface area contributed by atoms with E-state index < -0.39 is 6.04 Å². The Labute approximate surface area is 198 Å². The van der Waals surface area contributed by atoms with Crippen molar-refractivity contribution < 1.29 is 19.1 Å². The first kappa shape index (κ1) is 21.3. The third kappa shape index (κ3) is 3.77. The molecule has 0 bridgehead atoms. The standard InChI is InChI=1S/C25H29N5O4/c31-23-8-7-21(24(32)27-23)30-12-16-11-18(5-6-19(16)25(30)33)34-22-4-2-1-3-20(22)29-13-17(14-29)28-10-9-26-15-28/h5-6,9-11,15,17,20-22H,1-4,7-8,12-14H2,(H,27,31,32)/t20-,21?,22+/m1/s1. The fraction of sp³-hybridized carbons (Fsp3) is 0.520. The number of benzene rings is 1. The van der Waals surface area contributed by atoms with Crippen molar-refractivity contribution in [3.63, 3.8) is 0 Å². The molecule has 0 radical (unpaired) electrons. The fourth-order valence-electron chi connectivity index (χ4n) is 5.86. The number of piperidine rings is 1. The van der Waals surface area contributed by atoms with Crippen molar-refractivity contribution in [2.45, 2.75) is 69.3 Å². The Morgan fingerprint density at radius 2 is 1.91 bits per heavy atom. The molecule has 3 amide bonds. The number of nitrogens with one attached hydrogen (secondary N) is 1. The molecule has 9 heteroatoms. The Bertz CT molecular complexity index is 1110. The van der Waals surface area contributed by atoms with Crippen molar-refractivity contribution in [3.8, 4) is 5.75 Å². The zero-order chi connectivity index (χ0) is 23.2. The van der Waals surface area contributed by atoms with Crippen LogP contribution in [0.1, 0.15) is 60.5 Å². The molecule has 2 aromatic rings. The zero-order valence-electron chi connectivity index (χ0n) is 19.1. The summed E-state index contributed by atoms with van der Waals surface area (Å²) in [5.41, 5.74) is 1.49. The minimum atomic E-state index is -0.598. The largest absolute Gasteiger partial charge is 0.489 e. The van der Waals surface area contributed by atoms with Gasteiger partial charge >= 0.3 is 0 Å². The van der Waals surface area contributed by atoms with Crippen LogP contribution in [0.25, 0.3) is 0 Å². The quantitative estimate of drug-likeness (QED) is 0.681. The molecule has 1 saturated carbocycles. The molecule has 1 aromatic carbocycles. The molecule has 1 aliphatic carbocycles. The number of fused-ring (bicyclic) bond motifs is 1. The van der Waals surface area contributed by atoms with Crippen LogP contribution >= 0.6 is 0 Å². The topological polar surface area (TPSA) is 96.8 Å². The number of imide groups is 1. The third-order valence-corrected chi connectivity index (χ3v) is 7.76. The highest BCUT2D eigenvalue weighted by atomic mass is 16.5. The van der Waals surface area contributed by atoms with E-state index >= 15 is 0 Å². The number of ether oxygens (including phenoxy) is 1. The maximum absolute atomic E-state index is 12.9. The second-order valence-electron chi connectivity index (χ2n) is 9.84. The average molecular weight is 464 g/mol. The Balaban J connectivity index is 1.13. The fourth-order valence-corrected chi connectivity index (χ4v) is 5.86. The molecule has 3 fully saturated rings. The van der Waals surface area contributed by atoms with E-state index in [1.165, 1.54) is 6.42 Å². The van der Waals surface area contributed by atoms with Crippen molar-refractivity contribution in [2.24, 2.45) is 0 Å². The van der Waals surface area contributed by atoms with Crippen molar-refractivity contribution in [2.75, 3.05) is 13.1 Å². The summed E-state index contributed by atoms with van der Waals surface area (Å²) in [6, 6.07) is 5.92. The smallest absolute Gasteiger partial charge is 0.255 e. The van der Waals surface area contributed by atoms with E-state index in [4.69, 9.17) is 4.74 Å². The number of imidazole rings is 1. The minimum absolute atomic E-state index is 0.124. The van der Waals surface area contributed by atoms with Crippen molar-refractivity contribution in [1.82, 2.24) is 24.7 Å². The number of hydrogen-bond donors (Lipinski definition) is 1. The van der Waals surface area contributed by atoms with Crippen LogP contribution in [0.15, 0.2) is 36.9 Å². The molecule has 3 atom stereocenters. The summed E-state index contributed by atoms with van der Waals surface area (Å²) in [7, 11) is 0. The van der Waals surface area contributed by atoms with Crippen LogP contribution in [0.5, 0.6) is 5.75 Å². The van der Waals surface area contributed by atoms with Gasteiger partial charge < -0.3 is 14.2 Å². The molecule has 4 aliphatic rings. The lowest BCUT2D eigenvalue weighted by Gasteiger charge is -2.48. The van der Waals surface area contributed by atoms with Gasteiger partial charge in [-0.1, -0.05) is 6.42 Å². The summed E-state index contributed by atoms with van der Waals surface area (Å²) >= 11 is 0. The summed E-state index contributed by atoms with van der Waals surface area (Å²) < 4.78 is 8.69. The lowest BCUT2D eigenvalue weighted by Crippen LogP contribution is -2.58. The van der Waals surface area contributed by atoms with Crippen LogP contribution in [-0.4, -0.2) is 68.3 Å².